The van der Waals surface area contributed by atoms with Crippen molar-refractivity contribution in [1.82, 2.24) is 5.32 Å². The van der Waals surface area contributed by atoms with Gasteiger partial charge in [-0.3, -0.25) is 4.79 Å². The zero-order chi connectivity index (χ0) is 14.4. The molecule has 2 unspecified atom stereocenters. The highest BCUT2D eigenvalue weighted by atomic mass is 35.5. The number of nitrogens with two attached hydrogens (primary N) is 1. The molecule has 0 aliphatic heterocycles. The molecule has 1 aromatic rings. The second-order valence-corrected chi connectivity index (χ2v) is 5.77. The maximum atomic E-state index is 12.3. The van der Waals surface area contributed by atoms with Gasteiger partial charge in [0.15, 0.2) is 0 Å². The molecule has 4 heteroatoms. The van der Waals surface area contributed by atoms with Gasteiger partial charge in [-0.25, -0.2) is 0 Å². The Kier molecular flexibility index (Phi) is 6.32. The first-order valence-electron chi connectivity index (χ1n) is 6.70. The van der Waals surface area contributed by atoms with Crippen LogP contribution in [0, 0.1) is 5.92 Å². The third kappa shape index (κ3) is 5.21. The normalized spacial score (nSPS) is 14.2. The zero-order valence-corrected chi connectivity index (χ0v) is 12.6. The summed E-state index contributed by atoms with van der Waals surface area (Å²) in [5, 5.41) is 3.61. The van der Waals surface area contributed by atoms with Crippen LogP contribution >= 0.6 is 11.6 Å². The Labute approximate surface area is 120 Å². The number of nitrogens with one attached hydrogen (secondary N) is 1. The number of benzene rings is 1. The Balaban J connectivity index is 2.75. The minimum atomic E-state index is -0.174. The van der Waals surface area contributed by atoms with Crippen LogP contribution in [-0.4, -0.2) is 18.5 Å². The van der Waals surface area contributed by atoms with Crippen LogP contribution in [0.25, 0.3) is 0 Å². The zero-order valence-electron chi connectivity index (χ0n) is 11.8. The summed E-state index contributed by atoms with van der Waals surface area (Å²) in [6, 6.07) is 7.60. The molecule has 3 N–H and O–H groups in total. The summed E-state index contributed by atoms with van der Waals surface area (Å²) in [5.74, 6) is 0.0819. The van der Waals surface area contributed by atoms with E-state index in [1.54, 1.807) is 0 Å². The van der Waals surface area contributed by atoms with E-state index in [2.05, 4.69) is 5.32 Å². The van der Waals surface area contributed by atoms with Crippen molar-refractivity contribution in [1.29, 1.82) is 0 Å². The molecule has 1 amide bonds. The fourth-order valence-electron chi connectivity index (χ4n) is 2.07. The number of halogens is 1. The number of carbonyl (C=O) groups is 1. The Morgan fingerprint density at radius 1 is 1.37 bits per heavy atom. The summed E-state index contributed by atoms with van der Waals surface area (Å²) in [4.78, 5) is 12.3. The van der Waals surface area contributed by atoms with Crippen LogP contribution in [0.3, 0.4) is 0 Å². The molecule has 106 valence electrons. The number of hydrogen-bond donors (Lipinski definition) is 2. The van der Waals surface area contributed by atoms with Crippen molar-refractivity contribution < 1.29 is 4.79 Å². The standard InChI is InChI=1S/C15H23ClN2O/c1-10(2)14(12-5-4-6-13(16)9-12)15(19)18-8-7-11(3)17/h4-6,9-11,14H,7-8,17H2,1-3H3,(H,18,19). The smallest absolute Gasteiger partial charge is 0.227 e. The van der Waals surface area contributed by atoms with Crippen LogP contribution in [0.4, 0.5) is 0 Å². The van der Waals surface area contributed by atoms with Gasteiger partial charge in [-0.15, -0.1) is 0 Å². The van der Waals surface area contributed by atoms with E-state index in [0.29, 0.717) is 11.6 Å². The Hall–Kier alpha value is -1.06. The summed E-state index contributed by atoms with van der Waals surface area (Å²) in [5.41, 5.74) is 6.64. The Bertz CT molecular complexity index is 418. The molecule has 0 bridgehead atoms. The largest absolute Gasteiger partial charge is 0.356 e. The minimum Gasteiger partial charge on any atom is -0.356 e. The molecule has 19 heavy (non-hydrogen) atoms. The molecule has 0 heterocycles. The lowest BCUT2D eigenvalue weighted by Crippen LogP contribution is -2.34. The Morgan fingerprint density at radius 3 is 2.58 bits per heavy atom. The number of rotatable bonds is 6. The maximum absolute atomic E-state index is 12.3. The van der Waals surface area contributed by atoms with Gasteiger partial charge in [0.25, 0.3) is 0 Å². The number of amides is 1. The predicted octanol–water partition coefficient (Wildman–Crippen LogP) is 2.93. The van der Waals surface area contributed by atoms with E-state index >= 15 is 0 Å². The highest BCUT2D eigenvalue weighted by Crippen LogP contribution is 2.26. The topological polar surface area (TPSA) is 55.1 Å². The van der Waals surface area contributed by atoms with Gasteiger partial charge in [-0.1, -0.05) is 37.6 Å². The van der Waals surface area contributed by atoms with Crippen LogP contribution in [0.5, 0.6) is 0 Å². The van der Waals surface area contributed by atoms with Gasteiger partial charge >= 0.3 is 0 Å². The molecule has 0 aromatic heterocycles. The summed E-state index contributed by atoms with van der Waals surface area (Å²) >= 11 is 6.00. The van der Waals surface area contributed by atoms with Crippen molar-refractivity contribution >= 4 is 17.5 Å². The SMILES string of the molecule is CC(N)CCNC(=O)C(c1cccc(Cl)c1)C(C)C. The van der Waals surface area contributed by atoms with Gasteiger partial charge < -0.3 is 11.1 Å². The van der Waals surface area contributed by atoms with Crippen LogP contribution in [0.15, 0.2) is 24.3 Å². The molecule has 0 spiro atoms. The summed E-state index contributed by atoms with van der Waals surface area (Å²) < 4.78 is 0. The fraction of sp³-hybridized carbons (Fsp3) is 0.533. The predicted molar refractivity (Wildman–Crippen MR) is 80.3 cm³/mol. The van der Waals surface area contributed by atoms with E-state index in [1.165, 1.54) is 0 Å². The molecule has 0 aliphatic carbocycles. The van der Waals surface area contributed by atoms with Gasteiger partial charge in [-0.05, 0) is 37.0 Å². The molecule has 1 rings (SSSR count). The van der Waals surface area contributed by atoms with E-state index < -0.39 is 0 Å². The average molecular weight is 283 g/mol. The molecule has 0 aliphatic rings. The third-order valence-electron chi connectivity index (χ3n) is 3.06. The van der Waals surface area contributed by atoms with Crippen molar-refractivity contribution in [3.63, 3.8) is 0 Å². The highest BCUT2D eigenvalue weighted by molar-refractivity contribution is 6.30. The lowest BCUT2D eigenvalue weighted by Gasteiger charge is -2.21. The first kappa shape index (κ1) is 16.0. The first-order valence-corrected chi connectivity index (χ1v) is 7.08. The van der Waals surface area contributed by atoms with Crippen molar-refractivity contribution in [3.8, 4) is 0 Å². The second kappa shape index (κ2) is 7.51. The molecule has 0 fully saturated rings. The molecular formula is C15H23ClN2O. The molecule has 0 saturated heterocycles. The van der Waals surface area contributed by atoms with Crippen LogP contribution in [0.1, 0.15) is 38.7 Å². The maximum Gasteiger partial charge on any atom is 0.227 e. The second-order valence-electron chi connectivity index (χ2n) is 5.33. The third-order valence-corrected chi connectivity index (χ3v) is 3.29. The van der Waals surface area contributed by atoms with Gasteiger partial charge in [0.1, 0.15) is 0 Å². The quantitative estimate of drug-likeness (QED) is 0.843. The van der Waals surface area contributed by atoms with Gasteiger partial charge in [0.05, 0.1) is 5.92 Å². The lowest BCUT2D eigenvalue weighted by atomic mass is 9.87. The summed E-state index contributed by atoms with van der Waals surface area (Å²) in [6.45, 7) is 6.62. The van der Waals surface area contributed by atoms with Gasteiger partial charge in [-0.2, -0.15) is 0 Å². The van der Waals surface area contributed by atoms with E-state index in [1.807, 2.05) is 45.0 Å². The van der Waals surface area contributed by atoms with E-state index in [0.717, 1.165) is 12.0 Å². The van der Waals surface area contributed by atoms with E-state index in [-0.39, 0.29) is 23.8 Å². The number of hydrogen-bond acceptors (Lipinski definition) is 2. The average Bonchev–Trinajstić information content (AvgIpc) is 2.28. The molecular weight excluding hydrogens is 260 g/mol. The molecule has 1 aromatic carbocycles. The minimum absolute atomic E-state index is 0.0397. The summed E-state index contributed by atoms with van der Waals surface area (Å²) in [7, 11) is 0. The molecule has 0 saturated carbocycles. The molecule has 3 nitrogen and oxygen atoms in total. The lowest BCUT2D eigenvalue weighted by molar-refractivity contribution is -0.123. The van der Waals surface area contributed by atoms with Crippen molar-refractivity contribution in [2.75, 3.05) is 6.54 Å². The molecule has 2 atom stereocenters. The molecule has 0 radical (unpaired) electrons. The van der Waals surface area contributed by atoms with E-state index in [9.17, 15) is 4.79 Å². The van der Waals surface area contributed by atoms with Crippen LogP contribution < -0.4 is 11.1 Å². The highest BCUT2D eigenvalue weighted by Gasteiger charge is 2.23. The fourth-order valence-corrected chi connectivity index (χ4v) is 2.27. The van der Waals surface area contributed by atoms with Gasteiger partial charge in [0, 0.05) is 17.6 Å². The van der Waals surface area contributed by atoms with Gasteiger partial charge in [0.2, 0.25) is 5.91 Å². The van der Waals surface area contributed by atoms with Crippen molar-refractivity contribution in [2.45, 2.75) is 39.2 Å². The van der Waals surface area contributed by atoms with E-state index in [4.69, 9.17) is 17.3 Å². The van der Waals surface area contributed by atoms with Crippen molar-refractivity contribution in [3.05, 3.63) is 34.9 Å². The van der Waals surface area contributed by atoms with Crippen LogP contribution in [-0.2, 0) is 4.79 Å². The monoisotopic (exact) mass is 282 g/mol. The Morgan fingerprint density at radius 2 is 2.05 bits per heavy atom. The van der Waals surface area contributed by atoms with Crippen LogP contribution in [0.2, 0.25) is 5.02 Å². The number of carbonyl (C=O) groups excluding carboxylic acids is 1. The first-order chi connectivity index (χ1) is 8.91. The van der Waals surface area contributed by atoms with Crippen molar-refractivity contribution in [2.24, 2.45) is 11.7 Å². The summed E-state index contributed by atoms with van der Waals surface area (Å²) in [6.07, 6.45) is 0.784.